The molecule has 104 valence electrons. The minimum atomic E-state index is 0.775. The number of methoxy groups -OCH3 is 1. The number of anilines is 1. The summed E-state index contributed by atoms with van der Waals surface area (Å²) in [6.45, 7) is 6.72. The summed E-state index contributed by atoms with van der Waals surface area (Å²) >= 11 is 1.80. The molecule has 0 saturated heterocycles. The smallest absolute Gasteiger partial charge is 0.203 e. The predicted octanol–water partition coefficient (Wildman–Crippen LogP) is 3.06. The standard InChI is InChI=1S/C14H21N3OS/c1-11-5-8-19-13(11)10-17-9-12(2)16-14(17)15-6-4-7-18-3/h5,8-9H,4,6-7,10H2,1-3H3,(H,15,16). The van der Waals surface area contributed by atoms with Crippen molar-refractivity contribution in [2.24, 2.45) is 0 Å². The van der Waals surface area contributed by atoms with E-state index in [1.54, 1.807) is 18.4 Å². The predicted molar refractivity (Wildman–Crippen MR) is 80.1 cm³/mol. The lowest BCUT2D eigenvalue weighted by Crippen LogP contribution is -2.10. The van der Waals surface area contributed by atoms with Crippen molar-refractivity contribution in [3.05, 3.63) is 33.8 Å². The van der Waals surface area contributed by atoms with Crippen LogP contribution >= 0.6 is 11.3 Å². The molecular weight excluding hydrogens is 258 g/mol. The van der Waals surface area contributed by atoms with Crippen molar-refractivity contribution in [2.75, 3.05) is 25.6 Å². The van der Waals surface area contributed by atoms with Crippen LogP contribution in [0.2, 0.25) is 0 Å². The molecule has 0 aromatic carbocycles. The van der Waals surface area contributed by atoms with Crippen LogP contribution in [0, 0.1) is 13.8 Å². The van der Waals surface area contributed by atoms with Crippen LogP contribution in [0.1, 0.15) is 22.6 Å². The largest absolute Gasteiger partial charge is 0.385 e. The van der Waals surface area contributed by atoms with Gasteiger partial charge in [0.1, 0.15) is 0 Å². The fourth-order valence-electron chi connectivity index (χ4n) is 1.95. The zero-order chi connectivity index (χ0) is 13.7. The molecule has 2 rings (SSSR count). The summed E-state index contributed by atoms with van der Waals surface area (Å²) in [5.41, 5.74) is 2.39. The van der Waals surface area contributed by atoms with Gasteiger partial charge < -0.3 is 14.6 Å². The van der Waals surface area contributed by atoms with E-state index in [9.17, 15) is 0 Å². The molecule has 19 heavy (non-hydrogen) atoms. The minimum Gasteiger partial charge on any atom is -0.385 e. The van der Waals surface area contributed by atoms with Gasteiger partial charge in [-0.25, -0.2) is 4.98 Å². The zero-order valence-electron chi connectivity index (χ0n) is 11.8. The van der Waals surface area contributed by atoms with Crippen molar-refractivity contribution in [1.29, 1.82) is 0 Å². The number of imidazole rings is 1. The Morgan fingerprint density at radius 2 is 2.26 bits per heavy atom. The summed E-state index contributed by atoms with van der Waals surface area (Å²) in [4.78, 5) is 5.92. The molecule has 0 aliphatic heterocycles. The van der Waals surface area contributed by atoms with Gasteiger partial charge in [-0.15, -0.1) is 11.3 Å². The van der Waals surface area contributed by atoms with Crippen molar-refractivity contribution >= 4 is 17.3 Å². The Morgan fingerprint density at radius 1 is 1.42 bits per heavy atom. The second-order valence-electron chi connectivity index (χ2n) is 4.63. The van der Waals surface area contributed by atoms with Gasteiger partial charge >= 0.3 is 0 Å². The molecule has 0 atom stereocenters. The Kier molecular flexibility index (Phi) is 4.99. The third-order valence-corrected chi connectivity index (χ3v) is 4.00. The van der Waals surface area contributed by atoms with Gasteiger partial charge in [-0.3, -0.25) is 0 Å². The van der Waals surface area contributed by atoms with E-state index in [1.165, 1.54) is 10.4 Å². The molecule has 0 spiro atoms. The molecule has 0 bridgehead atoms. The molecule has 1 N–H and O–H groups in total. The van der Waals surface area contributed by atoms with Gasteiger partial charge in [-0.1, -0.05) is 0 Å². The summed E-state index contributed by atoms with van der Waals surface area (Å²) in [6.07, 6.45) is 3.08. The van der Waals surface area contributed by atoms with Crippen molar-refractivity contribution in [1.82, 2.24) is 9.55 Å². The summed E-state index contributed by atoms with van der Waals surface area (Å²) in [7, 11) is 1.73. The van der Waals surface area contributed by atoms with Crippen LogP contribution in [-0.2, 0) is 11.3 Å². The third-order valence-electron chi connectivity index (χ3n) is 2.99. The SMILES string of the molecule is COCCCNc1nc(C)cn1Cc1sccc1C. The second kappa shape index (κ2) is 6.73. The second-order valence-corrected chi connectivity index (χ2v) is 5.63. The van der Waals surface area contributed by atoms with E-state index in [1.807, 2.05) is 6.92 Å². The van der Waals surface area contributed by atoms with Crippen molar-refractivity contribution in [3.63, 3.8) is 0 Å². The highest BCUT2D eigenvalue weighted by molar-refractivity contribution is 7.10. The van der Waals surface area contributed by atoms with E-state index < -0.39 is 0 Å². The average molecular weight is 279 g/mol. The minimum absolute atomic E-state index is 0.775. The van der Waals surface area contributed by atoms with Crippen LogP contribution in [0.3, 0.4) is 0 Å². The van der Waals surface area contributed by atoms with Crippen LogP contribution < -0.4 is 5.32 Å². The Hall–Kier alpha value is -1.33. The fourth-order valence-corrected chi connectivity index (χ4v) is 2.85. The normalized spacial score (nSPS) is 10.9. The lowest BCUT2D eigenvalue weighted by atomic mass is 10.3. The zero-order valence-corrected chi connectivity index (χ0v) is 12.6. The summed E-state index contributed by atoms with van der Waals surface area (Å²) in [5, 5.41) is 5.52. The third kappa shape index (κ3) is 3.81. The van der Waals surface area contributed by atoms with Crippen LogP contribution in [0.25, 0.3) is 0 Å². The van der Waals surface area contributed by atoms with Crippen LogP contribution in [-0.4, -0.2) is 29.8 Å². The first-order valence-electron chi connectivity index (χ1n) is 6.50. The van der Waals surface area contributed by atoms with E-state index in [0.717, 1.165) is 37.8 Å². The van der Waals surface area contributed by atoms with E-state index in [0.29, 0.717) is 0 Å². The molecule has 0 radical (unpaired) electrons. The van der Waals surface area contributed by atoms with Gasteiger partial charge in [0.2, 0.25) is 5.95 Å². The molecule has 2 aromatic rings. The first kappa shape index (κ1) is 14.1. The van der Waals surface area contributed by atoms with Crippen molar-refractivity contribution in [2.45, 2.75) is 26.8 Å². The topological polar surface area (TPSA) is 39.1 Å². The quantitative estimate of drug-likeness (QED) is 0.792. The van der Waals surface area contributed by atoms with Crippen molar-refractivity contribution in [3.8, 4) is 0 Å². The highest BCUT2D eigenvalue weighted by Gasteiger charge is 2.07. The Labute approximate surface area is 118 Å². The molecule has 0 unspecified atom stereocenters. The highest BCUT2D eigenvalue weighted by Crippen LogP contribution is 2.19. The van der Waals surface area contributed by atoms with Crippen LogP contribution in [0.15, 0.2) is 17.6 Å². The Balaban J connectivity index is 2.01. The van der Waals surface area contributed by atoms with Crippen molar-refractivity contribution < 1.29 is 4.74 Å². The maximum atomic E-state index is 5.05. The van der Waals surface area contributed by atoms with Gasteiger partial charge in [0.15, 0.2) is 0 Å². The molecule has 0 aliphatic rings. The molecule has 0 aliphatic carbocycles. The number of aromatic nitrogens is 2. The molecule has 0 fully saturated rings. The number of aryl methyl sites for hydroxylation is 2. The molecule has 0 amide bonds. The monoisotopic (exact) mass is 279 g/mol. The van der Waals surface area contributed by atoms with Crippen LogP contribution in [0.5, 0.6) is 0 Å². The molecule has 0 saturated carbocycles. The Bertz CT molecular complexity index is 518. The van der Waals surface area contributed by atoms with E-state index in [2.05, 4.69) is 39.4 Å². The average Bonchev–Trinajstić information content (AvgIpc) is 2.93. The maximum absolute atomic E-state index is 5.05. The molecule has 4 nitrogen and oxygen atoms in total. The summed E-state index contributed by atoms with van der Waals surface area (Å²) in [6, 6.07) is 2.16. The van der Waals surface area contributed by atoms with E-state index >= 15 is 0 Å². The Morgan fingerprint density at radius 3 is 2.95 bits per heavy atom. The summed E-state index contributed by atoms with van der Waals surface area (Å²) in [5.74, 6) is 0.946. The van der Waals surface area contributed by atoms with Gasteiger partial charge in [0.05, 0.1) is 12.2 Å². The van der Waals surface area contributed by atoms with Gasteiger partial charge in [-0.2, -0.15) is 0 Å². The molecule has 2 heterocycles. The number of thiophene rings is 1. The number of hydrogen-bond acceptors (Lipinski definition) is 4. The number of ether oxygens (including phenoxy) is 1. The first-order valence-corrected chi connectivity index (χ1v) is 7.38. The maximum Gasteiger partial charge on any atom is 0.203 e. The van der Waals surface area contributed by atoms with E-state index in [4.69, 9.17) is 4.74 Å². The molecule has 2 aromatic heterocycles. The molecule has 5 heteroatoms. The van der Waals surface area contributed by atoms with Gasteiger partial charge in [-0.05, 0) is 37.3 Å². The number of hydrogen-bond donors (Lipinski definition) is 1. The molecular formula is C14H21N3OS. The summed E-state index contributed by atoms with van der Waals surface area (Å²) < 4.78 is 7.23. The first-order chi connectivity index (χ1) is 9.20. The number of nitrogens with zero attached hydrogens (tertiary/aromatic N) is 2. The number of nitrogens with one attached hydrogen (secondary N) is 1. The van der Waals surface area contributed by atoms with E-state index in [-0.39, 0.29) is 0 Å². The van der Waals surface area contributed by atoms with Gasteiger partial charge in [0.25, 0.3) is 0 Å². The fraction of sp³-hybridized carbons (Fsp3) is 0.500. The highest BCUT2D eigenvalue weighted by atomic mass is 32.1. The lowest BCUT2D eigenvalue weighted by molar-refractivity contribution is 0.197. The van der Waals surface area contributed by atoms with Crippen LogP contribution in [0.4, 0.5) is 5.95 Å². The lowest BCUT2D eigenvalue weighted by Gasteiger charge is -2.09. The number of rotatable bonds is 7. The van der Waals surface area contributed by atoms with Gasteiger partial charge in [0, 0.05) is 31.3 Å².